The second-order valence-corrected chi connectivity index (χ2v) is 5.31. The minimum Gasteiger partial charge on any atom is -0.488 e. The highest BCUT2D eigenvalue weighted by Gasteiger charge is 2.12. The monoisotopic (exact) mass is 334 g/mol. The molecule has 1 N–H and O–H groups in total. The van der Waals surface area contributed by atoms with Gasteiger partial charge in [0.25, 0.3) is 5.91 Å². The molecule has 0 saturated carbocycles. The largest absolute Gasteiger partial charge is 0.488 e. The van der Waals surface area contributed by atoms with E-state index in [4.69, 9.17) is 9.47 Å². The van der Waals surface area contributed by atoms with Crippen LogP contribution in [0.3, 0.4) is 0 Å². The molecule has 0 spiro atoms. The molecule has 0 fully saturated rings. The first-order chi connectivity index (χ1) is 12.3. The molecule has 0 aliphatic rings. The fourth-order valence-electron chi connectivity index (χ4n) is 2.29. The summed E-state index contributed by atoms with van der Waals surface area (Å²) in [5.41, 5.74) is 2.09. The van der Waals surface area contributed by atoms with Crippen LogP contribution in [0.5, 0.6) is 11.6 Å². The van der Waals surface area contributed by atoms with Crippen LogP contribution in [-0.4, -0.2) is 18.0 Å². The number of ether oxygens (including phenoxy) is 2. The lowest BCUT2D eigenvalue weighted by atomic mass is 10.2. The molecule has 25 heavy (non-hydrogen) atoms. The Morgan fingerprint density at radius 1 is 1.00 bits per heavy atom. The van der Waals surface area contributed by atoms with Crippen molar-refractivity contribution in [1.82, 2.24) is 4.98 Å². The minimum atomic E-state index is -0.254. The molecule has 1 amide bonds. The van der Waals surface area contributed by atoms with Crippen molar-refractivity contribution in [3.05, 3.63) is 84.1 Å². The van der Waals surface area contributed by atoms with Gasteiger partial charge in [-0.05, 0) is 23.8 Å². The van der Waals surface area contributed by atoms with Crippen LogP contribution in [0.4, 0.5) is 5.69 Å². The molecule has 0 unspecified atom stereocenters. The molecule has 5 nitrogen and oxygen atoms in total. The maximum absolute atomic E-state index is 12.6. The van der Waals surface area contributed by atoms with Crippen molar-refractivity contribution in [2.24, 2.45) is 0 Å². The van der Waals surface area contributed by atoms with E-state index in [-0.39, 0.29) is 5.91 Å². The summed E-state index contributed by atoms with van der Waals surface area (Å²) in [6.45, 7) is 0.398. The molecule has 5 heteroatoms. The van der Waals surface area contributed by atoms with Gasteiger partial charge in [-0.3, -0.25) is 4.79 Å². The topological polar surface area (TPSA) is 60.5 Å². The van der Waals surface area contributed by atoms with E-state index >= 15 is 0 Å². The second kappa shape index (κ2) is 7.97. The lowest BCUT2D eigenvalue weighted by Crippen LogP contribution is -2.13. The number of hydrogen-bond acceptors (Lipinski definition) is 4. The third kappa shape index (κ3) is 4.35. The zero-order chi connectivity index (χ0) is 17.5. The summed E-state index contributed by atoms with van der Waals surface area (Å²) in [5, 5.41) is 2.81. The van der Waals surface area contributed by atoms with Gasteiger partial charge in [0.05, 0.1) is 24.6 Å². The van der Waals surface area contributed by atoms with Gasteiger partial charge in [-0.1, -0.05) is 42.5 Å². The van der Waals surface area contributed by atoms with Crippen LogP contribution in [0.15, 0.2) is 72.9 Å². The molecule has 1 aromatic heterocycles. The molecular formula is C20H18N2O3. The number of amides is 1. The Morgan fingerprint density at radius 2 is 1.76 bits per heavy atom. The minimum absolute atomic E-state index is 0.254. The van der Waals surface area contributed by atoms with E-state index in [2.05, 4.69) is 10.3 Å². The van der Waals surface area contributed by atoms with Crippen molar-refractivity contribution < 1.29 is 14.3 Å². The zero-order valence-corrected chi connectivity index (χ0v) is 13.8. The van der Waals surface area contributed by atoms with Crippen molar-refractivity contribution in [3.63, 3.8) is 0 Å². The van der Waals surface area contributed by atoms with Crippen molar-refractivity contribution in [3.8, 4) is 11.6 Å². The number of carbonyl (C=O) groups excluding carboxylic acids is 1. The summed E-state index contributed by atoms with van der Waals surface area (Å²) in [4.78, 5) is 16.6. The van der Waals surface area contributed by atoms with Gasteiger partial charge in [0, 0.05) is 6.07 Å². The van der Waals surface area contributed by atoms with E-state index in [1.54, 1.807) is 43.6 Å². The third-order valence-corrected chi connectivity index (χ3v) is 3.57. The summed E-state index contributed by atoms with van der Waals surface area (Å²) in [7, 11) is 1.54. The van der Waals surface area contributed by atoms with Gasteiger partial charge in [-0.2, -0.15) is 0 Å². The fraction of sp³-hybridized carbons (Fsp3) is 0.100. The number of benzene rings is 2. The first-order valence-electron chi connectivity index (χ1n) is 7.83. The number of nitrogens with zero attached hydrogens (tertiary/aromatic N) is 1. The van der Waals surface area contributed by atoms with E-state index in [9.17, 15) is 4.79 Å². The predicted molar refractivity (Wildman–Crippen MR) is 96.0 cm³/mol. The standard InChI is InChI=1S/C20H18N2O3/c1-24-19-12-11-16(13-21-19)22-20(23)17-9-5-6-10-18(17)25-14-15-7-3-2-4-8-15/h2-13H,14H2,1H3,(H,22,23). The highest BCUT2D eigenvalue weighted by molar-refractivity contribution is 6.06. The first-order valence-corrected chi connectivity index (χ1v) is 7.83. The van der Waals surface area contributed by atoms with E-state index in [0.29, 0.717) is 29.5 Å². The molecule has 0 aliphatic heterocycles. The van der Waals surface area contributed by atoms with Crippen LogP contribution in [0.1, 0.15) is 15.9 Å². The Hall–Kier alpha value is -3.34. The summed E-state index contributed by atoms with van der Waals surface area (Å²) in [5.74, 6) is 0.769. The lowest BCUT2D eigenvalue weighted by Gasteiger charge is -2.12. The number of pyridine rings is 1. The Kier molecular flexibility index (Phi) is 5.26. The van der Waals surface area contributed by atoms with Crippen molar-refractivity contribution in [2.45, 2.75) is 6.61 Å². The normalized spacial score (nSPS) is 10.1. The van der Waals surface area contributed by atoms with Crippen LogP contribution >= 0.6 is 0 Å². The molecule has 3 aromatic rings. The molecular weight excluding hydrogens is 316 g/mol. The van der Waals surface area contributed by atoms with Gasteiger partial charge in [0.2, 0.25) is 5.88 Å². The molecule has 126 valence electrons. The Morgan fingerprint density at radius 3 is 2.48 bits per heavy atom. The molecule has 0 aliphatic carbocycles. The van der Waals surface area contributed by atoms with Gasteiger partial charge < -0.3 is 14.8 Å². The second-order valence-electron chi connectivity index (χ2n) is 5.31. The number of methoxy groups -OCH3 is 1. The molecule has 3 rings (SSSR count). The Balaban J connectivity index is 1.71. The number of nitrogens with one attached hydrogen (secondary N) is 1. The van der Waals surface area contributed by atoms with Crippen molar-refractivity contribution in [2.75, 3.05) is 12.4 Å². The Bertz CT molecular complexity index is 833. The first kappa shape index (κ1) is 16.5. The smallest absolute Gasteiger partial charge is 0.259 e. The number of hydrogen-bond donors (Lipinski definition) is 1. The highest BCUT2D eigenvalue weighted by atomic mass is 16.5. The summed E-state index contributed by atoms with van der Waals surface area (Å²) in [6, 6.07) is 20.4. The van der Waals surface area contributed by atoms with Gasteiger partial charge in [-0.25, -0.2) is 4.98 Å². The number of para-hydroxylation sites is 1. The van der Waals surface area contributed by atoms with Gasteiger partial charge in [-0.15, -0.1) is 0 Å². The van der Waals surface area contributed by atoms with E-state index < -0.39 is 0 Å². The zero-order valence-electron chi connectivity index (χ0n) is 13.8. The van der Waals surface area contributed by atoms with Gasteiger partial charge in [0.1, 0.15) is 12.4 Å². The van der Waals surface area contributed by atoms with E-state index in [1.165, 1.54) is 0 Å². The number of aromatic nitrogens is 1. The van der Waals surface area contributed by atoms with Crippen LogP contribution in [-0.2, 0) is 6.61 Å². The quantitative estimate of drug-likeness (QED) is 0.742. The van der Waals surface area contributed by atoms with Crippen molar-refractivity contribution >= 4 is 11.6 Å². The number of carbonyl (C=O) groups is 1. The van der Waals surface area contributed by atoms with Crippen LogP contribution in [0.25, 0.3) is 0 Å². The molecule has 2 aromatic carbocycles. The average Bonchev–Trinajstić information content (AvgIpc) is 2.68. The predicted octanol–water partition coefficient (Wildman–Crippen LogP) is 3.92. The average molecular weight is 334 g/mol. The molecule has 0 radical (unpaired) electrons. The Labute approximate surface area is 146 Å². The SMILES string of the molecule is COc1ccc(NC(=O)c2ccccc2OCc2ccccc2)cn1. The third-order valence-electron chi connectivity index (χ3n) is 3.57. The maximum atomic E-state index is 12.6. The van der Waals surface area contributed by atoms with Gasteiger partial charge in [0.15, 0.2) is 0 Å². The van der Waals surface area contributed by atoms with Crippen LogP contribution < -0.4 is 14.8 Å². The van der Waals surface area contributed by atoms with E-state index in [0.717, 1.165) is 5.56 Å². The van der Waals surface area contributed by atoms with Crippen LogP contribution in [0, 0.1) is 0 Å². The van der Waals surface area contributed by atoms with Crippen molar-refractivity contribution in [1.29, 1.82) is 0 Å². The number of rotatable bonds is 6. The van der Waals surface area contributed by atoms with E-state index in [1.807, 2.05) is 36.4 Å². The maximum Gasteiger partial charge on any atom is 0.259 e. The van der Waals surface area contributed by atoms with Gasteiger partial charge >= 0.3 is 0 Å². The molecule has 1 heterocycles. The fourth-order valence-corrected chi connectivity index (χ4v) is 2.29. The molecule has 0 atom stereocenters. The molecule has 0 bridgehead atoms. The summed E-state index contributed by atoms with van der Waals surface area (Å²) in [6.07, 6.45) is 1.55. The lowest BCUT2D eigenvalue weighted by molar-refractivity contribution is 0.102. The summed E-state index contributed by atoms with van der Waals surface area (Å²) >= 11 is 0. The number of anilines is 1. The van der Waals surface area contributed by atoms with Crippen LogP contribution in [0.2, 0.25) is 0 Å². The summed E-state index contributed by atoms with van der Waals surface area (Å²) < 4.78 is 10.8. The highest BCUT2D eigenvalue weighted by Crippen LogP contribution is 2.21. The molecule has 0 saturated heterocycles.